The standard InChI is InChI=1S/C24H23N3/c1-6-9-19-10-8-13-22(15-19)24(4)23(17(2)27(5)18(3)26-24)21-12-7-11-20(14-21)16-25/h7-8,10-15,23,26H,2-3H2,1,4-5H3/t23-,24-/m1/s1. The first-order valence-corrected chi connectivity index (χ1v) is 8.83. The SMILES string of the molecule is C=C1N[C@](C)(c2cccc(C#CC)c2)[C@@H](c2cccc(C#N)c2)C(=C)N1C. The topological polar surface area (TPSA) is 39.1 Å². The molecule has 2 atom stereocenters. The molecular formula is C24H23N3. The number of nitrogens with zero attached hydrogens (tertiary/aromatic N) is 2. The second kappa shape index (κ2) is 7.06. The molecule has 1 fully saturated rings. The van der Waals surface area contributed by atoms with Gasteiger partial charge >= 0.3 is 0 Å². The van der Waals surface area contributed by atoms with E-state index in [0.29, 0.717) is 5.56 Å². The Morgan fingerprint density at radius 2 is 1.81 bits per heavy atom. The van der Waals surface area contributed by atoms with Gasteiger partial charge in [0, 0.05) is 18.3 Å². The van der Waals surface area contributed by atoms with Crippen LogP contribution in [0.4, 0.5) is 0 Å². The fourth-order valence-electron chi connectivity index (χ4n) is 3.77. The van der Waals surface area contributed by atoms with E-state index in [2.05, 4.69) is 55.4 Å². The highest BCUT2D eigenvalue weighted by atomic mass is 15.3. The molecule has 134 valence electrons. The van der Waals surface area contributed by atoms with Gasteiger partial charge in [0.2, 0.25) is 0 Å². The zero-order valence-electron chi connectivity index (χ0n) is 16.0. The third-order valence-electron chi connectivity index (χ3n) is 5.23. The van der Waals surface area contributed by atoms with Crippen LogP contribution in [0.2, 0.25) is 0 Å². The van der Waals surface area contributed by atoms with Gasteiger partial charge in [-0.3, -0.25) is 0 Å². The van der Waals surface area contributed by atoms with Gasteiger partial charge in [-0.25, -0.2) is 0 Å². The van der Waals surface area contributed by atoms with Gasteiger partial charge in [-0.15, -0.1) is 5.92 Å². The van der Waals surface area contributed by atoms with E-state index in [1.54, 1.807) is 0 Å². The molecule has 1 heterocycles. The van der Waals surface area contributed by atoms with Crippen molar-refractivity contribution in [2.75, 3.05) is 7.05 Å². The zero-order valence-corrected chi connectivity index (χ0v) is 16.0. The third kappa shape index (κ3) is 3.21. The van der Waals surface area contributed by atoms with Crippen molar-refractivity contribution in [3.63, 3.8) is 0 Å². The zero-order chi connectivity index (χ0) is 19.6. The first kappa shape index (κ1) is 18.4. The first-order chi connectivity index (χ1) is 12.9. The summed E-state index contributed by atoms with van der Waals surface area (Å²) in [7, 11) is 1.96. The van der Waals surface area contributed by atoms with Gasteiger partial charge in [-0.2, -0.15) is 5.26 Å². The molecule has 1 saturated heterocycles. The van der Waals surface area contributed by atoms with Crippen LogP contribution in [-0.2, 0) is 5.54 Å². The van der Waals surface area contributed by atoms with E-state index in [1.165, 1.54) is 0 Å². The van der Waals surface area contributed by atoms with Crippen molar-refractivity contribution < 1.29 is 0 Å². The van der Waals surface area contributed by atoms with Gasteiger partial charge in [0.05, 0.1) is 28.9 Å². The number of rotatable bonds is 2. The van der Waals surface area contributed by atoms with Gasteiger partial charge < -0.3 is 10.2 Å². The van der Waals surface area contributed by atoms with Crippen molar-refractivity contribution in [3.8, 4) is 17.9 Å². The Morgan fingerprint density at radius 1 is 1.11 bits per heavy atom. The van der Waals surface area contributed by atoms with Crippen LogP contribution in [-0.4, -0.2) is 11.9 Å². The summed E-state index contributed by atoms with van der Waals surface area (Å²) in [5, 5.41) is 12.9. The van der Waals surface area contributed by atoms with Gasteiger partial charge in [0.25, 0.3) is 0 Å². The molecule has 3 nitrogen and oxygen atoms in total. The molecule has 3 heteroatoms. The van der Waals surface area contributed by atoms with Crippen LogP contribution in [0.1, 0.15) is 42.0 Å². The maximum atomic E-state index is 9.34. The third-order valence-corrected chi connectivity index (χ3v) is 5.23. The lowest BCUT2D eigenvalue weighted by Crippen LogP contribution is -2.53. The highest BCUT2D eigenvalue weighted by Gasteiger charge is 2.44. The van der Waals surface area contributed by atoms with Crippen molar-refractivity contribution in [2.45, 2.75) is 25.3 Å². The second-order valence-electron chi connectivity index (χ2n) is 6.95. The Labute approximate surface area is 161 Å². The average molecular weight is 353 g/mol. The summed E-state index contributed by atoms with van der Waals surface area (Å²) in [5.41, 5.74) is 4.22. The van der Waals surface area contributed by atoms with Crippen LogP contribution in [0.3, 0.4) is 0 Å². The van der Waals surface area contributed by atoms with E-state index in [-0.39, 0.29) is 5.92 Å². The predicted octanol–water partition coefficient (Wildman–Crippen LogP) is 4.45. The molecule has 0 amide bonds. The van der Waals surface area contributed by atoms with Crippen molar-refractivity contribution in [1.82, 2.24) is 10.2 Å². The molecule has 1 aliphatic rings. The summed E-state index contributed by atoms with van der Waals surface area (Å²) >= 11 is 0. The van der Waals surface area contributed by atoms with Crippen molar-refractivity contribution in [1.29, 1.82) is 5.26 Å². The molecule has 0 unspecified atom stereocenters. The Bertz CT molecular complexity index is 1020. The van der Waals surface area contributed by atoms with Crippen LogP contribution >= 0.6 is 0 Å². The van der Waals surface area contributed by atoms with Crippen molar-refractivity contribution >= 4 is 0 Å². The molecule has 3 rings (SSSR count). The minimum atomic E-state index is -0.472. The highest BCUT2D eigenvalue weighted by Crippen LogP contribution is 2.46. The molecule has 0 bridgehead atoms. The summed E-state index contributed by atoms with van der Waals surface area (Å²) in [6, 6.07) is 18.2. The van der Waals surface area contributed by atoms with Crippen molar-refractivity contribution in [2.24, 2.45) is 0 Å². The normalized spacial score (nSPS) is 21.7. The van der Waals surface area contributed by atoms with E-state index >= 15 is 0 Å². The number of likely N-dealkylation sites (N-methyl/N-ethyl adjacent to an activating group) is 1. The molecule has 0 aliphatic carbocycles. The number of hydrogen-bond donors (Lipinski definition) is 1. The minimum absolute atomic E-state index is 0.0638. The molecule has 0 saturated carbocycles. The van der Waals surface area contributed by atoms with Crippen LogP contribution in [0.25, 0.3) is 0 Å². The number of nitrogens with one attached hydrogen (secondary N) is 1. The number of hydrogen-bond acceptors (Lipinski definition) is 3. The van der Waals surface area contributed by atoms with Crippen LogP contribution in [0, 0.1) is 23.2 Å². The van der Waals surface area contributed by atoms with Gasteiger partial charge in [-0.05, 0) is 49.2 Å². The van der Waals surface area contributed by atoms with E-state index in [0.717, 1.165) is 28.2 Å². The second-order valence-corrected chi connectivity index (χ2v) is 6.95. The van der Waals surface area contributed by atoms with E-state index in [1.807, 2.05) is 55.3 Å². The minimum Gasteiger partial charge on any atom is -0.362 e. The van der Waals surface area contributed by atoms with E-state index < -0.39 is 5.54 Å². The lowest BCUT2D eigenvalue weighted by Gasteiger charge is -2.49. The Balaban J connectivity index is 2.20. The molecule has 0 radical (unpaired) electrons. The predicted molar refractivity (Wildman–Crippen MR) is 109 cm³/mol. The average Bonchev–Trinajstić information content (AvgIpc) is 2.67. The molecule has 1 aliphatic heterocycles. The van der Waals surface area contributed by atoms with Gasteiger partial charge in [-0.1, -0.05) is 43.3 Å². The van der Waals surface area contributed by atoms with E-state index in [4.69, 9.17) is 0 Å². The Kier molecular flexibility index (Phi) is 4.80. The van der Waals surface area contributed by atoms with E-state index in [9.17, 15) is 5.26 Å². The van der Waals surface area contributed by atoms with Crippen LogP contribution in [0.5, 0.6) is 0 Å². The molecule has 1 N–H and O–H groups in total. The van der Waals surface area contributed by atoms with Gasteiger partial charge in [0.15, 0.2) is 0 Å². The summed E-state index contributed by atoms with van der Waals surface area (Å²) in [4.78, 5) is 1.97. The monoisotopic (exact) mass is 353 g/mol. The lowest BCUT2D eigenvalue weighted by atomic mass is 9.72. The molecule has 0 aromatic heterocycles. The largest absolute Gasteiger partial charge is 0.362 e. The molecule has 0 spiro atoms. The summed E-state index contributed by atoms with van der Waals surface area (Å²) in [6.45, 7) is 12.5. The smallest absolute Gasteiger partial charge is 0.0991 e. The van der Waals surface area contributed by atoms with Crippen LogP contribution in [0.15, 0.2) is 73.2 Å². The molecule has 2 aromatic carbocycles. The van der Waals surface area contributed by atoms with Crippen molar-refractivity contribution in [3.05, 3.63) is 95.5 Å². The molecular weight excluding hydrogens is 330 g/mol. The lowest BCUT2D eigenvalue weighted by molar-refractivity contribution is 0.233. The fraction of sp³-hybridized carbons (Fsp3) is 0.208. The number of nitriles is 1. The number of benzene rings is 2. The molecule has 2 aromatic rings. The summed E-state index contributed by atoms with van der Waals surface area (Å²) in [6.07, 6.45) is 0. The Morgan fingerprint density at radius 3 is 2.52 bits per heavy atom. The maximum Gasteiger partial charge on any atom is 0.0991 e. The fourth-order valence-corrected chi connectivity index (χ4v) is 3.77. The highest BCUT2D eigenvalue weighted by molar-refractivity contribution is 5.47. The van der Waals surface area contributed by atoms with Crippen LogP contribution < -0.4 is 5.32 Å². The quantitative estimate of drug-likeness (QED) is 0.811. The summed E-state index contributed by atoms with van der Waals surface area (Å²) in [5.74, 6) is 6.82. The maximum absolute atomic E-state index is 9.34. The van der Waals surface area contributed by atoms with Gasteiger partial charge in [0.1, 0.15) is 0 Å². The molecule has 27 heavy (non-hydrogen) atoms. The summed E-state index contributed by atoms with van der Waals surface area (Å²) < 4.78 is 0. The Hall–Kier alpha value is -3.43. The first-order valence-electron chi connectivity index (χ1n) is 8.83.